The number of aromatic nitrogens is 4. The number of amides is 4. The Morgan fingerprint density at radius 2 is 1.20 bits per heavy atom. The van der Waals surface area contributed by atoms with Crippen LogP contribution >= 0.6 is 0 Å². The zero-order valence-corrected chi connectivity index (χ0v) is 25.2. The fourth-order valence-electron chi connectivity index (χ4n) is 5.37. The molecule has 2 aromatic heterocycles. The monoisotopic (exact) mass is 629 g/mol. The second-order valence-electron chi connectivity index (χ2n) is 10.5. The van der Waals surface area contributed by atoms with Crippen LogP contribution in [0.2, 0.25) is 0 Å². The standard InChI is InChI=1S/C32H30F2N8O4/c1-3-45-29-27(35-23-9-5-7-11-25(23)37-29)39-31(43)41-13-15-42(16-14-41,22-18-20(33)17-21(34)19-22)32(44)40-28-30(46-4-2)38-26-12-8-6-10-24(26)36-28/h5-12,17-19H,3-4,13-16H2,1-2H3,(H-,35,36,39,40,43,44)/p+1. The number of rotatable bonds is 7. The Bertz CT molecular complexity index is 1910. The van der Waals surface area contributed by atoms with Crippen LogP contribution in [-0.2, 0) is 0 Å². The zero-order valence-electron chi connectivity index (χ0n) is 25.2. The van der Waals surface area contributed by atoms with E-state index >= 15 is 0 Å². The van der Waals surface area contributed by atoms with Crippen LogP contribution < -0.4 is 24.6 Å². The van der Waals surface area contributed by atoms with Gasteiger partial charge in [0.25, 0.3) is 11.8 Å². The molecule has 0 bridgehead atoms. The van der Waals surface area contributed by atoms with Crippen LogP contribution in [0.1, 0.15) is 13.8 Å². The lowest BCUT2D eigenvalue weighted by atomic mass is 10.1. The zero-order chi connectivity index (χ0) is 32.3. The molecular formula is C32H31F2N8O4+. The molecule has 0 atom stereocenters. The highest BCUT2D eigenvalue weighted by Crippen LogP contribution is 2.32. The normalized spacial score (nSPS) is 14.2. The van der Waals surface area contributed by atoms with E-state index in [0.717, 1.165) is 18.2 Å². The van der Waals surface area contributed by atoms with Crippen molar-refractivity contribution in [2.45, 2.75) is 13.8 Å². The molecule has 14 heteroatoms. The number of nitrogens with one attached hydrogen (secondary N) is 2. The van der Waals surface area contributed by atoms with Crippen molar-refractivity contribution in [3.63, 3.8) is 0 Å². The second kappa shape index (κ2) is 12.9. The molecule has 5 aromatic rings. The second-order valence-corrected chi connectivity index (χ2v) is 10.5. The molecule has 0 unspecified atom stereocenters. The molecule has 46 heavy (non-hydrogen) atoms. The summed E-state index contributed by atoms with van der Waals surface area (Å²) in [5.74, 6) is -1.16. The number of nitrogens with zero attached hydrogens (tertiary/aromatic N) is 6. The maximum Gasteiger partial charge on any atom is 0.427 e. The van der Waals surface area contributed by atoms with Gasteiger partial charge in [-0.25, -0.2) is 42.8 Å². The molecule has 0 radical (unpaired) electrons. The van der Waals surface area contributed by atoms with Crippen molar-refractivity contribution in [2.24, 2.45) is 0 Å². The highest BCUT2D eigenvalue weighted by molar-refractivity contribution is 5.99. The summed E-state index contributed by atoms with van der Waals surface area (Å²) < 4.78 is 39.8. The van der Waals surface area contributed by atoms with Crippen LogP contribution in [-0.4, -0.2) is 76.3 Å². The molecule has 1 aliphatic heterocycles. The molecule has 1 saturated heterocycles. The van der Waals surface area contributed by atoms with Gasteiger partial charge in [0.15, 0.2) is 5.82 Å². The first-order valence-electron chi connectivity index (χ1n) is 14.8. The van der Waals surface area contributed by atoms with Gasteiger partial charge in [-0.15, -0.1) is 0 Å². The summed E-state index contributed by atoms with van der Waals surface area (Å²) in [4.78, 5) is 47.1. The van der Waals surface area contributed by atoms with Gasteiger partial charge < -0.3 is 14.4 Å². The molecule has 3 aromatic carbocycles. The smallest absolute Gasteiger partial charge is 0.427 e. The molecule has 2 N–H and O–H groups in total. The maximum atomic E-state index is 14.5. The number of ether oxygens (including phenoxy) is 2. The summed E-state index contributed by atoms with van der Waals surface area (Å²) in [6.45, 7) is 4.26. The predicted molar refractivity (Wildman–Crippen MR) is 169 cm³/mol. The van der Waals surface area contributed by atoms with Gasteiger partial charge in [-0.3, -0.25) is 10.6 Å². The fourth-order valence-corrected chi connectivity index (χ4v) is 5.37. The van der Waals surface area contributed by atoms with E-state index in [-0.39, 0.29) is 61.9 Å². The number of carbonyl (C=O) groups is 2. The van der Waals surface area contributed by atoms with Crippen molar-refractivity contribution in [2.75, 3.05) is 50.0 Å². The van der Waals surface area contributed by atoms with E-state index in [2.05, 4.69) is 30.6 Å². The summed E-state index contributed by atoms with van der Waals surface area (Å²) in [5, 5.41) is 5.57. The molecule has 236 valence electrons. The van der Waals surface area contributed by atoms with E-state index in [4.69, 9.17) is 9.47 Å². The molecule has 0 aliphatic carbocycles. The molecule has 12 nitrogen and oxygen atoms in total. The number of quaternary nitrogens is 1. The summed E-state index contributed by atoms with van der Waals surface area (Å²) >= 11 is 0. The third-order valence-corrected chi connectivity index (χ3v) is 7.61. The number of piperazine rings is 1. The van der Waals surface area contributed by atoms with Gasteiger partial charge in [0.05, 0.1) is 48.4 Å². The van der Waals surface area contributed by atoms with E-state index in [0.29, 0.717) is 28.7 Å². The third kappa shape index (κ3) is 6.06. The van der Waals surface area contributed by atoms with E-state index in [1.807, 2.05) is 18.2 Å². The lowest BCUT2D eigenvalue weighted by molar-refractivity contribution is 0.156. The van der Waals surface area contributed by atoms with Gasteiger partial charge in [-0.1, -0.05) is 24.3 Å². The average Bonchev–Trinajstić information content (AvgIpc) is 3.05. The van der Waals surface area contributed by atoms with E-state index in [1.165, 1.54) is 4.90 Å². The number of para-hydroxylation sites is 4. The maximum absolute atomic E-state index is 14.5. The summed E-state index contributed by atoms with van der Waals surface area (Å²) in [6.07, 6.45) is 0. The van der Waals surface area contributed by atoms with Gasteiger partial charge in [-0.2, -0.15) is 0 Å². The molecule has 1 aliphatic rings. The minimum Gasteiger partial charge on any atom is -0.475 e. The van der Waals surface area contributed by atoms with Crippen LogP contribution in [0.3, 0.4) is 0 Å². The van der Waals surface area contributed by atoms with Gasteiger partial charge in [-0.05, 0) is 38.1 Å². The molecular weight excluding hydrogens is 598 g/mol. The third-order valence-electron chi connectivity index (χ3n) is 7.61. The van der Waals surface area contributed by atoms with Crippen LogP contribution in [0.25, 0.3) is 22.1 Å². The molecule has 1 fully saturated rings. The highest BCUT2D eigenvalue weighted by atomic mass is 19.1. The minimum absolute atomic E-state index is 0.00512. The Morgan fingerprint density at radius 3 is 1.67 bits per heavy atom. The van der Waals surface area contributed by atoms with Gasteiger partial charge in [0.1, 0.15) is 30.4 Å². The lowest BCUT2D eigenvalue weighted by Gasteiger charge is -2.41. The van der Waals surface area contributed by atoms with E-state index < -0.39 is 28.2 Å². The molecule has 3 heterocycles. The van der Waals surface area contributed by atoms with Crippen molar-refractivity contribution in [3.05, 3.63) is 78.4 Å². The first-order chi connectivity index (χ1) is 22.3. The first kappa shape index (κ1) is 30.5. The van der Waals surface area contributed by atoms with Crippen LogP contribution in [0, 0.1) is 11.6 Å². The van der Waals surface area contributed by atoms with Gasteiger partial charge >= 0.3 is 12.1 Å². The number of halogens is 2. The Hall–Kier alpha value is -5.50. The fraction of sp³-hybridized carbons (Fsp3) is 0.250. The van der Waals surface area contributed by atoms with E-state index in [9.17, 15) is 18.4 Å². The number of carbonyl (C=O) groups excluding carboxylic acids is 2. The van der Waals surface area contributed by atoms with E-state index in [1.54, 1.807) is 44.2 Å². The van der Waals surface area contributed by atoms with Crippen molar-refractivity contribution < 1.29 is 27.8 Å². The molecule has 6 rings (SSSR count). The Kier molecular flexibility index (Phi) is 8.53. The number of anilines is 2. The molecule has 4 amide bonds. The Morgan fingerprint density at radius 1 is 0.739 bits per heavy atom. The van der Waals surface area contributed by atoms with Crippen molar-refractivity contribution in [1.82, 2.24) is 29.3 Å². The summed E-state index contributed by atoms with van der Waals surface area (Å²) in [6, 6.07) is 16.2. The Labute approximate surface area is 262 Å². The van der Waals surface area contributed by atoms with Crippen LogP contribution in [0.4, 0.5) is 35.7 Å². The van der Waals surface area contributed by atoms with Gasteiger partial charge in [0, 0.05) is 18.2 Å². The number of urea groups is 2. The first-order valence-corrected chi connectivity index (χ1v) is 14.8. The van der Waals surface area contributed by atoms with Crippen molar-refractivity contribution in [1.29, 1.82) is 0 Å². The highest BCUT2D eigenvalue weighted by Gasteiger charge is 2.45. The van der Waals surface area contributed by atoms with Crippen LogP contribution in [0.5, 0.6) is 11.8 Å². The Balaban J connectivity index is 1.28. The quantitative estimate of drug-likeness (QED) is 0.218. The summed E-state index contributed by atoms with van der Waals surface area (Å²) in [5.41, 5.74) is 2.36. The minimum atomic E-state index is -0.834. The van der Waals surface area contributed by atoms with Gasteiger partial charge in [0.2, 0.25) is 5.82 Å². The topological polar surface area (TPSA) is 131 Å². The average molecular weight is 630 g/mol. The number of fused-ring (bicyclic) bond motifs is 2. The van der Waals surface area contributed by atoms with Crippen molar-refractivity contribution in [3.8, 4) is 11.8 Å². The number of hydrogen-bond acceptors (Lipinski definition) is 8. The number of benzene rings is 3. The lowest BCUT2D eigenvalue weighted by Crippen LogP contribution is -2.66. The molecule has 0 saturated carbocycles. The predicted octanol–water partition coefficient (Wildman–Crippen LogP) is 5.74. The number of hydrogen-bond donors (Lipinski definition) is 2. The largest absolute Gasteiger partial charge is 0.475 e. The van der Waals surface area contributed by atoms with Crippen LogP contribution in [0.15, 0.2) is 66.7 Å². The molecule has 0 spiro atoms. The summed E-state index contributed by atoms with van der Waals surface area (Å²) in [7, 11) is 0. The SMILES string of the molecule is CCOc1nc2ccccc2nc1NC(=O)N1CC[N+](C(=O)Nc2nc3ccccc3nc2OCC)(c2cc(F)cc(F)c2)CC1. The van der Waals surface area contributed by atoms with Crippen molar-refractivity contribution >= 4 is 51.5 Å².